The van der Waals surface area contributed by atoms with E-state index in [9.17, 15) is 5.11 Å². The summed E-state index contributed by atoms with van der Waals surface area (Å²) in [5, 5.41) is 19.6. The van der Waals surface area contributed by atoms with Crippen molar-refractivity contribution in [3.05, 3.63) is 46.5 Å². The number of rotatable bonds is 3. The molecule has 4 rings (SSSR count). The van der Waals surface area contributed by atoms with Crippen molar-refractivity contribution in [2.75, 3.05) is 11.4 Å². The molecule has 2 aromatic rings. The number of phenols is 1. The van der Waals surface area contributed by atoms with Crippen molar-refractivity contribution in [1.82, 2.24) is 0 Å². The van der Waals surface area contributed by atoms with E-state index >= 15 is 0 Å². The van der Waals surface area contributed by atoms with Gasteiger partial charge in [-0.1, -0.05) is 0 Å². The van der Waals surface area contributed by atoms with Crippen LogP contribution < -0.4 is 14.4 Å². The van der Waals surface area contributed by atoms with E-state index in [2.05, 4.69) is 11.0 Å². The van der Waals surface area contributed by atoms with Gasteiger partial charge in [-0.25, -0.2) is 0 Å². The highest BCUT2D eigenvalue weighted by Crippen LogP contribution is 2.50. The zero-order valence-corrected chi connectivity index (χ0v) is 14.4. The molecule has 1 saturated heterocycles. The molecule has 0 spiro atoms. The Morgan fingerprint density at radius 1 is 1.28 bits per heavy atom. The maximum Gasteiger partial charge on any atom is 0.172 e. The first-order chi connectivity index (χ1) is 12.1. The van der Waals surface area contributed by atoms with Crippen LogP contribution in [0.5, 0.6) is 17.2 Å². The van der Waals surface area contributed by atoms with Gasteiger partial charge in [0.2, 0.25) is 0 Å². The summed E-state index contributed by atoms with van der Waals surface area (Å²) in [4.78, 5) is 2.25. The van der Waals surface area contributed by atoms with Gasteiger partial charge < -0.3 is 19.5 Å². The Morgan fingerprint density at radius 3 is 2.76 bits per heavy atom. The van der Waals surface area contributed by atoms with Crippen LogP contribution in [-0.4, -0.2) is 17.9 Å². The Morgan fingerprint density at radius 2 is 2.04 bits per heavy atom. The highest BCUT2D eigenvalue weighted by molar-refractivity contribution is 5.75. The van der Waals surface area contributed by atoms with E-state index in [1.165, 1.54) is 0 Å². The second-order valence-corrected chi connectivity index (χ2v) is 6.59. The quantitative estimate of drug-likeness (QED) is 0.924. The first-order valence-electron chi connectivity index (χ1n) is 8.51. The average Bonchev–Trinajstić information content (AvgIpc) is 3.21. The summed E-state index contributed by atoms with van der Waals surface area (Å²) in [5.74, 6) is 1.82. The van der Waals surface area contributed by atoms with Crippen LogP contribution in [0.15, 0.2) is 24.3 Å². The number of phenolic OH excluding ortho intramolecular Hbond substituents is 1. The SMILES string of the molecule is Cc1c(COc2ccc(C#N)cc2)c(O)c(C)c2c1OC1CCCN21. The molecule has 1 N–H and O–H groups in total. The van der Waals surface area contributed by atoms with E-state index in [1.54, 1.807) is 24.3 Å². The molecule has 1 fully saturated rings. The Hall–Kier alpha value is -2.87. The second-order valence-electron chi connectivity index (χ2n) is 6.59. The molecule has 5 heteroatoms. The summed E-state index contributed by atoms with van der Waals surface area (Å²) in [6, 6.07) is 9.04. The molecule has 0 aromatic heterocycles. The topological polar surface area (TPSA) is 65.7 Å². The first kappa shape index (κ1) is 15.6. The molecule has 0 radical (unpaired) electrons. The number of anilines is 1. The molecule has 2 aromatic carbocycles. The third kappa shape index (κ3) is 2.45. The molecule has 2 heterocycles. The fourth-order valence-electron chi connectivity index (χ4n) is 3.70. The van der Waals surface area contributed by atoms with Gasteiger partial charge in [0.15, 0.2) is 6.23 Å². The average molecular weight is 336 g/mol. The molecule has 5 nitrogen and oxygen atoms in total. The van der Waals surface area contributed by atoms with Gasteiger partial charge >= 0.3 is 0 Å². The molecule has 2 aliphatic heterocycles. The predicted octanol–water partition coefficient (Wildman–Crippen LogP) is 3.78. The van der Waals surface area contributed by atoms with Gasteiger partial charge in [0.05, 0.1) is 17.3 Å². The maximum atomic E-state index is 10.7. The molecular weight excluding hydrogens is 316 g/mol. The van der Waals surface area contributed by atoms with Gasteiger partial charge in [-0.3, -0.25) is 0 Å². The minimum absolute atomic E-state index is 0.0986. The van der Waals surface area contributed by atoms with Crippen molar-refractivity contribution in [2.24, 2.45) is 0 Å². The summed E-state index contributed by atoms with van der Waals surface area (Å²) in [5.41, 5.74) is 4.15. The smallest absolute Gasteiger partial charge is 0.172 e. The summed E-state index contributed by atoms with van der Waals surface area (Å²) >= 11 is 0. The number of nitriles is 1. The fraction of sp³-hybridized carbons (Fsp3) is 0.350. The number of hydrogen-bond donors (Lipinski definition) is 1. The fourth-order valence-corrected chi connectivity index (χ4v) is 3.70. The van der Waals surface area contributed by atoms with Crippen LogP contribution in [0.3, 0.4) is 0 Å². The van der Waals surface area contributed by atoms with Gasteiger partial charge in [0, 0.05) is 29.7 Å². The molecule has 128 valence electrons. The number of ether oxygens (including phenoxy) is 2. The van der Waals surface area contributed by atoms with E-state index in [-0.39, 0.29) is 18.6 Å². The van der Waals surface area contributed by atoms with Gasteiger partial charge in [0.1, 0.15) is 23.9 Å². The molecule has 0 amide bonds. The minimum Gasteiger partial charge on any atom is -0.507 e. The Labute approximate surface area is 147 Å². The number of hydrogen-bond acceptors (Lipinski definition) is 5. The molecule has 1 unspecified atom stereocenters. The Bertz CT molecular complexity index is 868. The summed E-state index contributed by atoms with van der Waals surface area (Å²) in [6.07, 6.45) is 2.24. The largest absolute Gasteiger partial charge is 0.507 e. The zero-order chi connectivity index (χ0) is 17.6. The number of aromatic hydroxyl groups is 1. The van der Waals surface area contributed by atoms with E-state index in [4.69, 9.17) is 14.7 Å². The van der Waals surface area contributed by atoms with Crippen LogP contribution in [0.4, 0.5) is 5.69 Å². The van der Waals surface area contributed by atoms with Gasteiger partial charge in [-0.05, 0) is 44.5 Å². The second kappa shape index (κ2) is 5.89. The minimum atomic E-state index is 0.0986. The number of fused-ring (bicyclic) bond motifs is 3. The third-order valence-corrected chi connectivity index (χ3v) is 5.11. The van der Waals surface area contributed by atoms with Gasteiger partial charge in [-0.15, -0.1) is 0 Å². The summed E-state index contributed by atoms with van der Waals surface area (Å²) < 4.78 is 12.0. The first-order valence-corrected chi connectivity index (χ1v) is 8.51. The predicted molar refractivity (Wildman–Crippen MR) is 94.1 cm³/mol. The lowest BCUT2D eigenvalue weighted by Gasteiger charge is -2.19. The molecule has 0 aliphatic carbocycles. The third-order valence-electron chi connectivity index (χ3n) is 5.11. The summed E-state index contributed by atoms with van der Waals surface area (Å²) in [7, 11) is 0. The van der Waals surface area contributed by atoms with E-state index < -0.39 is 0 Å². The van der Waals surface area contributed by atoms with Crippen LogP contribution in [0.25, 0.3) is 0 Å². The standard InChI is InChI=1S/C20H20N2O3/c1-12-16(11-24-15-7-5-14(10-21)6-8-15)19(23)13(2)18-20(12)25-17-4-3-9-22(17)18/h5-8,17,23H,3-4,9,11H2,1-2H3. The highest BCUT2D eigenvalue weighted by atomic mass is 16.5. The van der Waals surface area contributed by atoms with Crippen molar-refractivity contribution in [2.45, 2.75) is 39.5 Å². The number of benzene rings is 2. The van der Waals surface area contributed by atoms with Crippen molar-refractivity contribution in [3.63, 3.8) is 0 Å². The van der Waals surface area contributed by atoms with E-state index in [0.717, 1.165) is 47.5 Å². The molecule has 0 bridgehead atoms. The zero-order valence-electron chi connectivity index (χ0n) is 14.4. The van der Waals surface area contributed by atoms with E-state index in [1.807, 2.05) is 13.8 Å². The normalized spacial score (nSPS) is 17.6. The van der Waals surface area contributed by atoms with Crippen molar-refractivity contribution in [1.29, 1.82) is 5.26 Å². The molecule has 0 saturated carbocycles. The van der Waals surface area contributed by atoms with Crippen molar-refractivity contribution >= 4 is 5.69 Å². The van der Waals surface area contributed by atoms with Crippen LogP contribution in [0.1, 0.15) is 35.1 Å². The molecular formula is C20H20N2O3. The lowest BCUT2D eigenvalue weighted by atomic mass is 10.0. The van der Waals surface area contributed by atoms with Crippen molar-refractivity contribution < 1.29 is 14.6 Å². The molecule has 25 heavy (non-hydrogen) atoms. The van der Waals surface area contributed by atoms with Crippen LogP contribution in [0.2, 0.25) is 0 Å². The lowest BCUT2D eigenvalue weighted by Crippen LogP contribution is -2.27. The maximum absolute atomic E-state index is 10.7. The highest BCUT2D eigenvalue weighted by Gasteiger charge is 2.38. The van der Waals surface area contributed by atoms with Crippen LogP contribution in [0, 0.1) is 25.2 Å². The monoisotopic (exact) mass is 336 g/mol. The van der Waals surface area contributed by atoms with E-state index in [0.29, 0.717) is 11.3 Å². The Balaban J connectivity index is 1.63. The lowest BCUT2D eigenvalue weighted by molar-refractivity contribution is 0.236. The number of nitrogens with zero attached hydrogens (tertiary/aromatic N) is 2. The van der Waals surface area contributed by atoms with Crippen LogP contribution >= 0.6 is 0 Å². The summed E-state index contributed by atoms with van der Waals surface area (Å²) in [6.45, 7) is 5.13. The van der Waals surface area contributed by atoms with Gasteiger partial charge in [-0.2, -0.15) is 5.26 Å². The molecule has 1 atom stereocenters. The van der Waals surface area contributed by atoms with Crippen LogP contribution in [-0.2, 0) is 6.61 Å². The molecule has 2 aliphatic rings. The van der Waals surface area contributed by atoms with Gasteiger partial charge in [0.25, 0.3) is 0 Å². The Kier molecular flexibility index (Phi) is 3.69. The van der Waals surface area contributed by atoms with Crippen molar-refractivity contribution in [3.8, 4) is 23.3 Å².